The highest BCUT2D eigenvalue weighted by molar-refractivity contribution is 7.91. The maximum Gasteiger partial charge on any atom is 0.185 e. The summed E-state index contributed by atoms with van der Waals surface area (Å²) in [7, 11) is -3.37. The second-order valence-corrected chi connectivity index (χ2v) is 8.44. The van der Waals surface area contributed by atoms with Crippen molar-refractivity contribution >= 4 is 43.5 Å². The topological polar surface area (TPSA) is 85.1 Å². The number of sulfone groups is 1. The molecular weight excluding hydrogens is 326 g/mol. The zero-order valence-electron chi connectivity index (χ0n) is 12.0. The molecule has 0 atom stereocenters. The monoisotopic (exact) mass is 345 g/mol. The van der Waals surface area contributed by atoms with Gasteiger partial charge in [0.25, 0.3) is 0 Å². The van der Waals surface area contributed by atoms with Gasteiger partial charge in [0.05, 0.1) is 12.3 Å². The van der Waals surface area contributed by atoms with Crippen molar-refractivity contribution in [2.24, 2.45) is 0 Å². The Kier molecular flexibility index (Phi) is 5.23. The summed E-state index contributed by atoms with van der Waals surface area (Å²) in [5.74, 6) is 0.182. The van der Waals surface area contributed by atoms with Gasteiger partial charge in [0, 0.05) is 4.88 Å². The molecule has 0 aromatic carbocycles. The van der Waals surface area contributed by atoms with Crippen LogP contribution in [0.4, 0.5) is 10.8 Å². The van der Waals surface area contributed by atoms with Gasteiger partial charge in [-0.2, -0.15) is 4.37 Å². The van der Waals surface area contributed by atoms with E-state index < -0.39 is 9.84 Å². The van der Waals surface area contributed by atoms with Crippen LogP contribution in [-0.4, -0.2) is 18.5 Å². The summed E-state index contributed by atoms with van der Waals surface area (Å²) in [6, 6.07) is 2.09. The van der Waals surface area contributed by atoms with E-state index in [0.717, 1.165) is 18.0 Å². The lowest BCUT2D eigenvalue weighted by Gasteiger charge is -2.08. The summed E-state index contributed by atoms with van der Waals surface area (Å²) >= 11 is 2.77. The molecule has 0 aliphatic carbocycles. The third-order valence-electron chi connectivity index (χ3n) is 3.09. The Morgan fingerprint density at radius 3 is 2.81 bits per heavy atom. The van der Waals surface area contributed by atoms with Crippen LogP contribution in [0.25, 0.3) is 0 Å². The van der Waals surface area contributed by atoms with E-state index in [1.807, 2.05) is 12.3 Å². The number of nitrogens with zero attached hydrogens (tertiary/aromatic N) is 1. The molecule has 0 aliphatic rings. The molecule has 8 heteroatoms. The van der Waals surface area contributed by atoms with Crippen LogP contribution in [-0.2, 0) is 22.8 Å². The highest BCUT2D eigenvalue weighted by Crippen LogP contribution is 2.33. The fraction of sp³-hybridized carbons (Fsp3) is 0.462. The number of aromatic nitrogens is 1. The second-order valence-electron chi connectivity index (χ2n) is 4.62. The van der Waals surface area contributed by atoms with Crippen LogP contribution < -0.4 is 11.1 Å². The molecule has 2 heterocycles. The van der Waals surface area contributed by atoms with Gasteiger partial charge in [-0.1, -0.05) is 13.8 Å². The van der Waals surface area contributed by atoms with Gasteiger partial charge in [-0.3, -0.25) is 0 Å². The van der Waals surface area contributed by atoms with Crippen molar-refractivity contribution in [2.75, 3.05) is 16.8 Å². The summed E-state index contributed by atoms with van der Waals surface area (Å²) in [6.07, 6.45) is 1.52. The molecule has 21 heavy (non-hydrogen) atoms. The normalized spacial score (nSPS) is 11.7. The van der Waals surface area contributed by atoms with Crippen LogP contribution in [0.15, 0.2) is 16.3 Å². The van der Waals surface area contributed by atoms with Gasteiger partial charge in [0.15, 0.2) is 15.7 Å². The molecule has 3 N–H and O–H groups in total. The number of hydrogen-bond donors (Lipinski definition) is 2. The summed E-state index contributed by atoms with van der Waals surface area (Å²) in [5.41, 5.74) is 7.03. The highest BCUT2D eigenvalue weighted by atomic mass is 32.2. The predicted molar refractivity (Wildman–Crippen MR) is 89.9 cm³/mol. The summed E-state index contributed by atoms with van der Waals surface area (Å²) in [5, 5.41) is 5.77. The number of nitrogen functional groups attached to an aromatic ring is 1. The third-order valence-corrected chi connectivity index (χ3v) is 6.98. The largest absolute Gasteiger partial charge is 0.382 e. The average molecular weight is 346 g/mol. The summed E-state index contributed by atoms with van der Waals surface area (Å²) in [4.78, 5) is 1.37. The Morgan fingerprint density at radius 1 is 1.38 bits per heavy atom. The molecular formula is C13H19N3O2S3. The zero-order chi connectivity index (χ0) is 15.5. The number of anilines is 2. The Balaban J connectivity index is 2.22. The number of nitrogens with two attached hydrogens (primary N) is 1. The van der Waals surface area contributed by atoms with E-state index in [9.17, 15) is 8.42 Å². The van der Waals surface area contributed by atoms with Crippen molar-refractivity contribution < 1.29 is 8.42 Å². The maximum absolute atomic E-state index is 12.3. The molecule has 0 saturated carbocycles. The van der Waals surface area contributed by atoms with Gasteiger partial charge in [-0.25, -0.2) is 8.42 Å². The van der Waals surface area contributed by atoms with E-state index in [-0.39, 0.29) is 16.5 Å². The quantitative estimate of drug-likeness (QED) is 0.805. The molecule has 0 amide bonds. The highest BCUT2D eigenvalue weighted by Gasteiger charge is 2.24. The van der Waals surface area contributed by atoms with Gasteiger partial charge in [-0.05, 0) is 41.4 Å². The van der Waals surface area contributed by atoms with Crippen molar-refractivity contribution in [3.63, 3.8) is 0 Å². The Bertz CT molecular complexity index is 704. The first-order valence-electron chi connectivity index (χ1n) is 6.76. The lowest BCUT2D eigenvalue weighted by atomic mass is 10.2. The molecule has 0 saturated heterocycles. The molecule has 2 aromatic rings. The first kappa shape index (κ1) is 16.3. The van der Waals surface area contributed by atoms with Gasteiger partial charge in [-0.15, -0.1) is 11.3 Å². The Labute approximate surface area is 133 Å². The average Bonchev–Trinajstić information content (AvgIpc) is 3.02. The standard InChI is InChI=1S/C13H19N3O2S3/c1-3-7-21(17,18)11-12(14)16-20-13(11)15-8-10-9(4-2)5-6-19-10/h5-6,15H,3-4,7-8H2,1-2H3,(H2,14,16). The number of nitrogens with one attached hydrogen (secondary N) is 1. The van der Waals surface area contributed by atoms with Gasteiger partial charge < -0.3 is 11.1 Å². The van der Waals surface area contributed by atoms with Crippen LogP contribution in [0.5, 0.6) is 0 Å². The van der Waals surface area contributed by atoms with E-state index in [1.54, 1.807) is 11.3 Å². The molecule has 0 aliphatic heterocycles. The molecule has 116 valence electrons. The van der Waals surface area contributed by atoms with Gasteiger partial charge in [0.1, 0.15) is 9.90 Å². The zero-order valence-corrected chi connectivity index (χ0v) is 14.5. The number of hydrogen-bond acceptors (Lipinski definition) is 7. The van der Waals surface area contributed by atoms with Crippen LogP contribution >= 0.6 is 22.9 Å². The number of aryl methyl sites for hydroxylation is 1. The van der Waals surface area contributed by atoms with Crippen LogP contribution in [0.3, 0.4) is 0 Å². The van der Waals surface area contributed by atoms with Crippen LogP contribution in [0, 0.1) is 0 Å². The molecule has 2 rings (SSSR count). The molecule has 0 bridgehead atoms. The van der Waals surface area contributed by atoms with Crippen LogP contribution in [0.2, 0.25) is 0 Å². The minimum Gasteiger partial charge on any atom is -0.382 e. The fourth-order valence-electron chi connectivity index (χ4n) is 2.08. The van der Waals surface area contributed by atoms with E-state index in [4.69, 9.17) is 5.73 Å². The summed E-state index contributed by atoms with van der Waals surface area (Å²) < 4.78 is 28.5. The molecule has 0 unspecified atom stereocenters. The van der Waals surface area contributed by atoms with E-state index >= 15 is 0 Å². The molecule has 0 fully saturated rings. The molecule has 0 spiro atoms. The van der Waals surface area contributed by atoms with Crippen molar-refractivity contribution in [3.05, 3.63) is 21.9 Å². The van der Waals surface area contributed by atoms with Crippen molar-refractivity contribution in [1.29, 1.82) is 0 Å². The predicted octanol–water partition coefficient (Wildman–Crippen LogP) is 3.15. The molecule has 0 radical (unpaired) electrons. The summed E-state index contributed by atoms with van der Waals surface area (Å²) in [6.45, 7) is 4.53. The first-order valence-corrected chi connectivity index (χ1v) is 10.1. The maximum atomic E-state index is 12.3. The van der Waals surface area contributed by atoms with E-state index in [2.05, 4.69) is 22.7 Å². The SMILES string of the molecule is CCCS(=O)(=O)c1c(N)nsc1NCc1sccc1CC. The van der Waals surface area contributed by atoms with Crippen molar-refractivity contribution in [3.8, 4) is 0 Å². The first-order chi connectivity index (χ1) is 9.99. The second kappa shape index (κ2) is 6.76. The van der Waals surface area contributed by atoms with Crippen molar-refractivity contribution in [2.45, 2.75) is 38.1 Å². The minimum absolute atomic E-state index is 0.0868. The lowest BCUT2D eigenvalue weighted by Crippen LogP contribution is -2.10. The smallest absolute Gasteiger partial charge is 0.185 e. The van der Waals surface area contributed by atoms with Gasteiger partial charge in [0.2, 0.25) is 0 Å². The molecule has 2 aromatic heterocycles. The van der Waals surface area contributed by atoms with Crippen molar-refractivity contribution in [1.82, 2.24) is 4.37 Å². The van der Waals surface area contributed by atoms with E-state index in [1.165, 1.54) is 10.4 Å². The Hall–Kier alpha value is -1.12. The molecule has 5 nitrogen and oxygen atoms in total. The van der Waals surface area contributed by atoms with Crippen LogP contribution in [0.1, 0.15) is 30.7 Å². The minimum atomic E-state index is -3.37. The number of thiophene rings is 1. The fourth-order valence-corrected chi connectivity index (χ4v) is 5.61. The van der Waals surface area contributed by atoms with E-state index in [0.29, 0.717) is 18.0 Å². The van der Waals surface area contributed by atoms with Gasteiger partial charge >= 0.3 is 0 Å². The Morgan fingerprint density at radius 2 is 2.14 bits per heavy atom. The third kappa shape index (κ3) is 3.56. The lowest BCUT2D eigenvalue weighted by molar-refractivity contribution is 0.595. The number of rotatable bonds is 7.